The van der Waals surface area contributed by atoms with E-state index >= 15 is 0 Å². The number of carbonyl (C=O) groups excluding carboxylic acids is 3. The van der Waals surface area contributed by atoms with Gasteiger partial charge in [0.15, 0.2) is 11.6 Å². The summed E-state index contributed by atoms with van der Waals surface area (Å²) in [5.41, 5.74) is -0.120. The average Bonchev–Trinajstić information content (AvgIpc) is 3.10. The Morgan fingerprint density at radius 1 is 1.06 bits per heavy atom. The molecule has 7 nitrogen and oxygen atoms in total. The topological polar surface area (TPSA) is 92.3 Å². The lowest BCUT2D eigenvalue weighted by Gasteiger charge is -2.44. The SMILES string of the molecule is C[C@@H]1CCCN[C@@]1(CN1C(=O)c2ccccc2C1=O)C(=O)c1cc(F)ccc1-c1ncccn1. The van der Waals surface area contributed by atoms with Crippen LogP contribution in [-0.2, 0) is 0 Å². The monoisotopic (exact) mass is 458 g/mol. The van der Waals surface area contributed by atoms with Crippen LogP contribution in [0.3, 0.4) is 0 Å². The number of imide groups is 1. The minimum absolute atomic E-state index is 0.115. The molecule has 1 N–H and O–H groups in total. The van der Waals surface area contributed by atoms with Gasteiger partial charge in [0.05, 0.1) is 17.7 Å². The van der Waals surface area contributed by atoms with Gasteiger partial charge in [-0.05, 0) is 61.7 Å². The van der Waals surface area contributed by atoms with Gasteiger partial charge in [-0.2, -0.15) is 0 Å². The Balaban J connectivity index is 1.60. The van der Waals surface area contributed by atoms with Crippen molar-refractivity contribution in [2.24, 2.45) is 5.92 Å². The quantitative estimate of drug-likeness (QED) is 0.465. The number of nitrogens with one attached hydrogen (secondary N) is 1. The minimum Gasteiger partial charge on any atom is -0.303 e. The number of ketones is 1. The molecule has 2 amide bonds. The molecular weight excluding hydrogens is 435 g/mol. The van der Waals surface area contributed by atoms with E-state index in [0.29, 0.717) is 35.5 Å². The van der Waals surface area contributed by atoms with Crippen LogP contribution in [0.25, 0.3) is 11.4 Å². The normalized spacial score (nSPS) is 22.1. The molecule has 2 atom stereocenters. The van der Waals surface area contributed by atoms with Crippen LogP contribution in [0.5, 0.6) is 0 Å². The highest BCUT2D eigenvalue weighted by Crippen LogP contribution is 2.36. The summed E-state index contributed by atoms with van der Waals surface area (Å²) in [7, 11) is 0. The van der Waals surface area contributed by atoms with E-state index in [-0.39, 0.29) is 18.0 Å². The first kappa shape index (κ1) is 22.0. The van der Waals surface area contributed by atoms with Gasteiger partial charge in [0, 0.05) is 23.5 Å². The predicted octanol–water partition coefficient (Wildman–Crippen LogP) is 3.52. The molecule has 0 spiro atoms. The number of Topliss-reactive ketones (excluding diaryl/α,β-unsaturated/α-hetero) is 1. The van der Waals surface area contributed by atoms with E-state index in [4.69, 9.17) is 0 Å². The summed E-state index contributed by atoms with van der Waals surface area (Å²) in [6, 6.07) is 12.2. The maximum atomic E-state index is 14.4. The summed E-state index contributed by atoms with van der Waals surface area (Å²) >= 11 is 0. The highest BCUT2D eigenvalue weighted by molar-refractivity contribution is 6.22. The number of nitrogens with zero attached hydrogens (tertiary/aromatic N) is 3. The first-order chi connectivity index (χ1) is 16.4. The largest absolute Gasteiger partial charge is 0.303 e. The fourth-order valence-electron chi connectivity index (χ4n) is 4.94. The molecule has 2 aromatic carbocycles. The Kier molecular flexibility index (Phi) is 5.53. The van der Waals surface area contributed by atoms with Crippen LogP contribution in [-0.4, -0.2) is 51.1 Å². The van der Waals surface area contributed by atoms with E-state index in [0.717, 1.165) is 11.3 Å². The fourth-order valence-corrected chi connectivity index (χ4v) is 4.94. The van der Waals surface area contributed by atoms with Crippen LogP contribution < -0.4 is 5.32 Å². The second-order valence-corrected chi connectivity index (χ2v) is 8.77. The van der Waals surface area contributed by atoms with Crippen molar-refractivity contribution in [2.45, 2.75) is 25.3 Å². The third-order valence-electron chi connectivity index (χ3n) is 6.82. The van der Waals surface area contributed by atoms with Crippen molar-refractivity contribution >= 4 is 17.6 Å². The molecule has 2 aliphatic heterocycles. The molecule has 0 unspecified atom stereocenters. The van der Waals surface area contributed by atoms with Crippen molar-refractivity contribution in [1.29, 1.82) is 0 Å². The lowest BCUT2D eigenvalue weighted by Crippen LogP contribution is -2.65. The van der Waals surface area contributed by atoms with Gasteiger partial charge in [-0.3, -0.25) is 19.3 Å². The highest BCUT2D eigenvalue weighted by atomic mass is 19.1. The second-order valence-electron chi connectivity index (χ2n) is 8.77. The van der Waals surface area contributed by atoms with Crippen molar-refractivity contribution in [3.8, 4) is 11.4 Å². The van der Waals surface area contributed by atoms with Crippen molar-refractivity contribution in [3.05, 3.63) is 83.4 Å². The van der Waals surface area contributed by atoms with Crippen molar-refractivity contribution in [1.82, 2.24) is 20.2 Å². The number of hydrogen-bond acceptors (Lipinski definition) is 6. The zero-order valence-electron chi connectivity index (χ0n) is 18.6. The van der Waals surface area contributed by atoms with Gasteiger partial charge in [-0.1, -0.05) is 19.1 Å². The molecule has 0 radical (unpaired) electrons. The van der Waals surface area contributed by atoms with Gasteiger partial charge < -0.3 is 5.32 Å². The number of aromatic nitrogens is 2. The van der Waals surface area contributed by atoms with Crippen LogP contribution >= 0.6 is 0 Å². The van der Waals surface area contributed by atoms with Gasteiger partial charge in [0.25, 0.3) is 11.8 Å². The number of carbonyl (C=O) groups is 3. The Hall–Kier alpha value is -3.78. The highest BCUT2D eigenvalue weighted by Gasteiger charge is 2.50. The van der Waals surface area contributed by atoms with Gasteiger partial charge >= 0.3 is 0 Å². The maximum absolute atomic E-state index is 14.4. The molecular formula is C26H23FN4O3. The molecule has 2 aliphatic rings. The number of rotatable bonds is 5. The second kappa shape index (κ2) is 8.53. The Bertz CT molecular complexity index is 1260. The van der Waals surface area contributed by atoms with E-state index in [9.17, 15) is 18.8 Å². The zero-order valence-corrected chi connectivity index (χ0v) is 18.6. The zero-order chi connectivity index (χ0) is 23.9. The van der Waals surface area contributed by atoms with Crippen LogP contribution in [0.1, 0.15) is 50.8 Å². The van der Waals surface area contributed by atoms with E-state index in [1.807, 2.05) is 6.92 Å². The van der Waals surface area contributed by atoms with Crippen molar-refractivity contribution in [3.63, 3.8) is 0 Å². The molecule has 3 heterocycles. The molecule has 34 heavy (non-hydrogen) atoms. The summed E-state index contributed by atoms with van der Waals surface area (Å²) in [5.74, 6) is -1.74. The van der Waals surface area contributed by atoms with Crippen molar-refractivity contribution in [2.75, 3.05) is 13.1 Å². The lowest BCUT2D eigenvalue weighted by molar-refractivity contribution is 0.0485. The van der Waals surface area contributed by atoms with E-state index < -0.39 is 29.0 Å². The number of amides is 2. The van der Waals surface area contributed by atoms with E-state index in [1.165, 1.54) is 18.2 Å². The van der Waals surface area contributed by atoms with Gasteiger partial charge in [0.1, 0.15) is 11.4 Å². The fraction of sp³-hybridized carbons (Fsp3) is 0.269. The van der Waals surface area contributed by atoms with Gasteiger partial charge in [0.2, 0.25) is 0 Å². The van der Waals surface area contributed by atoms with Gasteiger partial charge in [-0.25, -0.2) is 14.4 Å². The number of hydrogen-bond donors (Lipinski definition) is 1. The van der Waals surface area contributed by atoms with E-state index in [1.54, 1.807) is 42.7 Å². The molecule has 172 valence electrons. The maximum Gasteiger partial charge on any atom is 0.261 e. The molecule has 1 fully saturated rings. The molecule has 5 rings (SSSR count). The van der Waals surface area contributed by atoms with Crippen LogP contribution in [0.2, 0.25) is 0 Å². The molecule has 8 heteroatoms. The summed E-state index contributed by atoms with van der Waals surface area (Å²) in [4.78, 5) is 50.1. The Morgan fingerprint density at radius 3 is 2.38 bits per heavy atom. The van der Waals surface area contributed by atoms with Gasteiger partial charge in [-0.15, -0.1) is 0 Å². The molecule has 1 saturated heterocycles. The summed E-state index contributed by atoms with van der Waals surface area (Å²) < 4.78 is 14.4. The molecule has 0 aliphatic carbocycles. The number of halogens is 1. The summed E-state index contributed by atoms with van der Waals surface area (Å²) in [6.07, 6.45) is 4.66. The molecule has 1 aromatic heterocycles. The summed E-state index contributed by atoms with van der Waals surface area (Å²) in [5, 5.41) is 3.31. The lowest BCUT2D eigenvalue weighted by atomic mass is 9.73. The van der Waals surface area contributed by atoms with Crippen LogP contribution in [0.4, 0.5) is 4.39 Å². The first-order valence-corrected chi connectivity index (χ1v) is 11.2. The average molecular weight is 458 g/mol. The molecule has 3 aromatic rings. The number of piperidine rings is 1. The third-order valence-corrected chi connectivity index (χ3v) is 6.82. The third kappa shape index (κ3) is 3.51. The van der Waals surface area contributed by atoms with Crippen LogP contribution in [0, 0.1) is 11.7 Å². The standard InChI is InChI=1S/C26H23FN4O3/c1-16-6-4-13-30-26(16,15-31-24(33)19-7-2-3-8-20(19)25(31)34)22(32)21-14-17(27)9-10-18(21)23-28-11-5-12-29-23/h2-3,5,7-12,14,16,30H,4,6,13,15H2,1H3/t16-,26-/m1/s1. The van der Waals surface area contributed by atoms with Crippen molar-refractivity contribution < 1.29 is 18.8 Å². The Morgan fingerprint density at radius 2 is 1.74 bits per heavy atom. The van der Waals surface area contributed by atoms with Crippen LogP contribution in [0.15, 0.2) is 60.9 Å². The smallest absolute Gasteiger partial charge is 0.261 e. The number of benzene rings is 2. The Labute approximate surface area is 196 Å². The molecule has 0 saturated carbocycles. The minimum atomic E-state index is -1.27. The summed E-state index contributed by atoms with van der Waals surface area (Å²) in [6.45, 7) is 2.30. The van der Waals surface area contributed by atoms with E-state index in [2.05, 4.69) is 15.3 Å². The first-order valence-electron chi connectivity index (χ1n) is 11.2. The predicted molar refractivity (Wildman–Crippen MR) is 123 cm³/mol. The number of fused-ring (bicyclic) bond motifs is 1. The molecule has 0 bridgehead atoms.